The number of nitrogen functional groups attached to an aromatic ring is 1. The van der Waals surface area contributed by atoms with Gasteiger partial charge < -0.3 is 16.0 Å². The minimum Gasteiger partial charge on any atom is -0.397 e. The second-order valence-corrected chi connectivity index (χ2v) is 5.18. The van der Waals surface area contributed by atoms with Crippen molar-refractivity contribution < 1.29 is 4.79 Å². The van der Waals surface area contributed by atoms with Gasteiger partial charge in [-0.05, 0) is 30.9 Å². The maximum atomic E-state index is 11.7. The second kappa shape index (κ2) is 4.52. The number of hydrogen-bond acceptors (Lipinski definition) is 3. The molecule has 18 heavy (non-hydrogen) atoms. The lowest BCUT2D eigenvalue weighted by Crippen LogP contribution is -2.31. The molecule has 0 bridgehead atoms. The van der Waals surface area contributed by atoms with Crippen LogP contribution >= 0.6 is 0 Å². The Balaban J connectivity index is 1.60. The van der Waals surface area contributed by atoms with Gasteiger partial charge in [0.1, 0.15) is 0 Å². The average molecular weight is 245 g/mol. The van der Waals surface area contributed by atoms with Gasteiger partial charge in [0, 0.05) is 25.6 Å². The fourth-order valence-corrected chi connectivity index (χ4v) is 2.55. The molecule has 0 atom stereocenters. The number of fused-ring (bicyclic) bond motifs is 1. The van der Waals surface area contributed by atoms with Crippen molar-refractivity contribution in [1.29, 1.82) is 0 Å². The topological polar surface area (TPSA) is 58.4 Å². The van der Waals surface area contributed by atoms with Crippen LogP contribution < -0.4 is 16.0 Å². The van der Waals surface area contributed by atoms with E-state index in [0.717, 1.165) is 43.7 Å². The molecule has 0 saturated heterocycles. The molecule has 0 aromatic heterocycles. The Morgan fingerprint density at radius 1 is 1.44 bits per heavy atom. The lowest BCUT2D eigenvalue weighted by atomic mass is 10.1. The zero-order valence-electron chi connectivity index (χ0n) is 10.5. The van der Waals surface area contributed by atoms with Crippen LogP contribution in [0.1, 0.15) is 24.8 Å². The summed E-state index contributed by atoms with van der Waals surface area (Å²) in [6.45, 7) is 1.74. The number of nitrogens with one attached hydrogen (secondary N) is 1. The molecule has 1 aliphatic carbocycles. The third-order valence-corrected chi connectivity index (χ3v) is 3.67. The highest BCUT2D eigenvalue weighted by Crippen LogP contribution is 2.33. The van der Waals surface area contributed by atoms with Gasteiger partial charge in [0.15, 0.2) is 0 Å². The Hall–Kier alpha value is -1.71. The molecule has 1 amide bonds. The van der Waals surface area contributed by atoms with Gasteiger partial charge in [0.05, 0.1) is 11.4 Å². The summed E-state index contributed by atoms with van der Waals surface area (Å²) < 4.78 is 0. The molecule has 4 nitrogen and oxygen atoms in total. The van der Waals surface area contributed by atoms with Crippen LogP contribution in [0.2, 0.25) is 0 Å². The second-order valence-electron chi connectivity index (χ2n) is 5.18. The van der Waals surface area contributed by atoms with Crippen LogP contribution in [-0.4, -0.2) is 25.0 Å². The number of amides is 1. The average Bonchev–Trinajstić information content (AvgIpc) is 3.05. The molecule has 96 valence electrons. The molecule has 1 aromatic rings. The van der Waals surface area contributed by atoms with E-state index in [1.807, 2.05) is 12.1 Å². The number of benzene rings is 1. The largest absolute Gasteiger partial charge is 0.397 e. The maximum absolute atomic E-state index is 11.7. The normalized spacial score (nSPS) is 17.7. The van der Waals surface area contributed by atoms with Crippen LogP contribution in [0.4, 0.5) is 11.4 Å². The van der Waals surface area contributed by atoms with Crippen molar-refractivity contribution in [3.8, 4) is 0 Å². The number of hydrogen-bond donors (Lipinski definition) is 2. The van der Waals surface area contributed by atoms with Gasteiger partial charge in [-0.2, -0.15) is 0 Å². The van der Waals surface area contributed by atoms with Crippen LogP contribution in [0.3, 0.4) is 0 Å². The standard InChI is InChI=1S/C14H19N3O/c15-12-3-1-2-10-6-8-17(14(10)12)9-7-13(18)16-11-4-5-11/h1-3,11H,4-9,15H2,(H,16,18). The lowest BCUT2D eigenvalue weighted by molar-refractivity contribution is -0.121. The summed E-state index contributed by atoms with van der Waals surface area (Å²) in [5.74, 6) is 0.167. The summed E-state index contributed by atoms with van der Waals surface area (Å²) in [6.07, 6.45) is 3.88. The van der Waals surface area contributed by atoms with Crippen molar-refractivity contribution in [3.63, 3.8) is 0 Å². The van der Waals surface area contributed by atoms with Crippen molar-refractivity contribution in [1.82, 2.24) is 5.32 Å². The van der Waals surface area contributed by atoms with Gasteiger partial charge >= 0.3 is 0 Å². The molecular formula is C14H19N3O. The molecule has 0 unspecified atom stereocenters. The zero-order chi connectivity index (χ0) is 12.5. The zero-order valence-corrected chi connectivity index (χ0v) is 10.5. The first-order valence-electron chi connectivity index (χ1n) is 6.66. The summed E-state index contributed by atoms with van der Waals surface area (Å²) >= 11 is 0. The molecular weight excluding hydrogens is 226 g/mol. The highest BCUT2D eigenvalue weighted by atomic mass is 16.1. The molecule has 0 spiro atoms. The van der Waals surface area contributed by atoms with Gasteiger partial charge in [0.25, 0.3) is 0 Å². The quantitative estimate of drug-likeness (QED) is 0.786. The van der Waals surface area contributed by atoms with Crippen LogP contribution in [0.5, 0.6) is 0 Å². The van der Waals surface area contributed by atoms with E-state index in [2.05, 4.69) is 16.3 Å². The van der Waals surface area contributed by atoms with Crippen LogP contribution in [-0.2, 0) is 11.2 Å². The maximum Gasteiger partial charge on any atom is 0.221 e. The number of anilines is 2. The molecule has 2 aliphatic rings. The Kier molecular flexibility index (Phi) is 2.86. The van der Waals surface area contributed by atoms with E-state index in [4.69, 9.17) is 5.73 Å². The number of rotatable bonds is 4. The van der Waals surface area contributed by atoms with E-state index in [-0.39, 0.29) is 5.91 Å². The molecule has 1 fully saturated rings. The molecule has 3 rings (SSSR count). The van der Waals surface area contributed by atoms with Crippen molar-refractivity contribution in [3.05, 3.63) is 23.8 Å². The number of carbonyl (C=O) groups is 1. The highest BCUT2D eigenvalue weighted by Gasteiger charge is 2.25. The van der Waals surface area contributed by atoms with E-state index in [1.165, 1.54) is 5.56 Å². The van der Waals surface area contributed by atoms with Crippen LogP contribution in [0, 0.1) is 0 Å². The van der Waals surface area contributed by atoms with Gasteiger partial charge in [-0.3, -0.25) is 4.79 Å². The van der Waals surface area contributed by atoms with Gasteiger partial charge in [-0.1, -0.05) is 12.1 Å². The van der Waals surface area contributed by atoms with E-state index in [9.17, 15) is 4.79 Å². The SMILES string of the molecule is Nc1cccc2c1N(CCC(=O)NC1CC1)CC2. The predicted molar refractivity (Wildman–Crippen MR) is 72.6 cm³/mol. The monoisotopic (exact) mass is 245 g/mol. The Bertz CT molecular complexity index is 468. The van der Waals surface area contributed by atoms with Crippen molar-refractivity contribution in [2.45, 2.75) is 31.7 Å². The lowest BCUT2D eigenvalue weighted by Gasteiger charge is -2.20. The summed E-state index contributed by atoms with van der Waals surface area (Å²) in [7, 11) is 0. The van der Waals surface area contributed by atoms with E-state index in [1.54, 1.807) is 0 Å². The van der Waals surface area contributed by atoms with Crippen molar-refractivity contribution >= 4 is 17.3 Å². The summed E-state index contributed by atoms with van der Waals surface area (Å²) in [4.78, 5) is 13.9. The predicted octanol–water partition coefficient (Wildman–Crippen LogP) is 1.30. The minimum absolute atomic E-state index is 0.167. The van der Waals surface area contributed by atoms with Crippen molar-refractivity contribution in [2.75, 3.05) is 23.7 Å². The van der Waals surface area contributed by atoms with E-state index >= 15 is 0 Å². The summed E-state index contributed by atoms with van der Waals surface area (Å²) in [6, 6.07) is 6.50. The fraction of sp³-hybridized carbons (Fsp3) is 0.500. The molecule has 3 N–H and O–H groups in total. The third kappa shape index (κ3) is 2.28. The number of carbonyl (C=O) groups excluding carboxylic acids is 1. The Labute approximate surface area is 107 Å². The molecule has 1 heterocycles. The first-order chi connectivity index (χ1) is 8.74. The Morgan fingerprint density at radius 2 is 2.28 bits per heavy atom. The van der Waals surface area contributed by atoms with Crippen molar-refractivity contribution in [2.24, 2.45) is 0 Å². The number of nitrogens with zero attached hydrogens (tertiary/aromatic N) is 1. The summed E-state index contributed by atoms with van der Waals surface area (Å²) in [5.41, 5.74) is 9.28. The summed E-state index contributed by atoms with van der Waals surface area (Å²) in [5, 5.41) is 3.02. The minimum atomic E-state index is 0.167. The van der Waals surface area contributed by atoms with Gasteiger partial charge in [0.2, 0.25) is 5.91 Å². The van der Waals surface area contributed by atoms with E-state index < -0.39 is 0 Å². The molecule has 0 radical (unpaired) electrons. The highest BCUT2D eigenvalue weighted by molar-refractivity contribution is 5.79. The van der Waals surface area contributed by atoms with Gasteiger partial charge in [-0.15, -0.1) is 0 Å². The van der Waals surface area contributed by atoms with Gasteiger partial charge in [-0.25, -0.2) is 0 Å². The van der Waals surface area contributed by atoms with Crippen LogP contribution in [0.15, 0.2) is 18.2 Å². The first kappa shape index (κ1) is 11.4. The smallest absolute Gasteiger partial charge is 0.221 e. The van der Waals surface area contributed by atoms with E-state index in [0.29, 0.717) is 12.5 Å². The molecule has 4 heteroatoms. The number of para-hydroxylation sites is 1. The number of nitrogens with two attached hydrogens (primary N) is 1. The Morgan fingerprint density at radius 3 is 3.06 bits per heavy atom. The molecule has 1 aromatic carbocycles. The molecule has 1 aliphatic heterocycles. The first-order valence-corrected chi connectivity index (χ1v) is 6.66. The third-order valence-electron chi connectivity index (χ3n) is 3.67. The molecule has 1 saturated carbocycles. The van der Waals surface area contributed by atoms with Crippen LogP contribution in [0.25, 0.3) is 0 Å². The fourth-order valence-electron chi connectivity index (χ4n) is 2.55.